The number of likely N-dealkylation sites (tertiary alicyclic amines) is 2. The summed E-state index contributed by atoms with van der Waals surface area (Å²) in [6, 6.07) is 7.98. The summed E-state index contributed by atoms with van der Waals surface area (Å²) in [5.41, 5.74) is 3.21. The Kier molecular flexibility index (Phi) is 4.96. The van der Waals surface area contributed by atoms with Gasteiger partial charge in [0.15, 0.2) is 0 Å². The number of fused-ring (bicyclic) bond motifs is 4. The largest absolute Gasteiger partial charge is 0.341 e. The molecule has 2 aromatic rings. The molecule has 0 N–H and O–H groups in total. The van der Waals surface area contributed by atoms with E-state index in [0.29, 0.717) is 18.9 Å². The number of carbonyl (C=O) groups excluding carboxylic acids is 1. The van der Waals surface area contributed by atoms with E-state index < -0.39 is 0 Å². The molecule has 2 bridgehead atoms. The first-order valence-corrected chi connectivity index (χ1v) is 10.8. The van der Waals surface area contributed by atoms with Crippen molar-refractivity contribution in [2.45, 2.75) is 44.7 Å². The molecule has 0 spiro atoms. The van der Waals surface area contributed by atoms with Gasteiger partial charge >= 0.3 is 0 Å². The van der Waals surface area contributed by atoms with E-state index in [1.807, 2.05) is 27.7 Å². The van der Waals surface area contributed by atoms with Crippen LogP contribution in [0.5, 0.6) is 0 Å². The molecule has 5 rings (SSSR count). The maximum atomic E-state index is 13.1. The normalized spacial score (nSPS) is 23.8. The van der Waals surface area contributed by atoms with Gasteiger partial charge < -0.3 is 9.47 Å². The fourth-order valence-corrected chi connectivity index (χ4v) is 5.28. The van der Waals surface area contributed by atoms with E-state index in [2.05, 4.69) is 16.0 Å². The predicted octanol–water partition coefficient (Wildman–Crippen LogP) is 2.03. The van der Waals surface area contributed by atoms with Gasteiger partial charge in [-0.25, -0.2) is 0 Å². The van der Waals surface area contributed by atoms with Crippen LogP contribution < -0.4 is 5.56 Å². The van der Waals surface area contributed by atoms with Crippen LogP contribution in [0.15, 0.2) is 41.5 Å². The van der Waals surface area contributed by atoms with Gasteiger partial charge in [-0.15, -0.1) is 0 Å². The van der Waals surface area contributed by atoms with Crippen LogP contribution in [-0.4, -0.2) is 51.4 Å². The summed E-state index contributed by atoms with van der Waals surface area (Å²) < 4.78 is 2.01. The number of rotatable bonds is 4. The molecule has 0 unspecified atom stereocenters. The number of hydrogen-bond acceptors (Lipinski definition) is 4. The molecule has 152 valence electrons. The van der Waals surface area contributed by atoms with Gasteiger partial charge in [0.25, 0.3) is 5.56 Å². The molecule has 0 aliphatic carbocycles. The lowest BCUT2D eigenvalue weighted by Crippen LogP contribution is -2.50. The van der Waals surface area contributed by atoms with Crippen LogP contribution in [0.2, 0.25) is 0 Å². The van der Waals surface area contributed by atoms with E-state index in [4.69, 9.17) is 0 Å². The molecule has 2 fully saturated rings. The molecule has 2 aromatic heterocycles. The Morgan fingerprint density at radius 3 is 2.62 bits per heavy atom. The molecule has 5 heterocycles. The third-order valence-corrected chi connectivity index (χ3v) is 6.73. The number of nitrogens with zero attached hydrogens (tertiary/aromatic N) is 4. The zero-order valence-electron chi connectivity index (χ0n) is 16.8. The lowest BCUT2D eigenvalue weighted by atomic mass is 9.82. The van der Waals surface area contributed by atoms with E-state index in [-0.39, 0.29) is 17.4 Å². The quantitative estimate of drug-likeness (QED) is 0.799. The van der Waals surface area contributed by atoms with E-state index in [1.54, 1.807) is 12.4 Å². The maximum Gasteiger partial charge on any atom is 0.255 e. The summed E-state index contributed by atoms with van der Waals surface area (Å²) in [7, 11) is 0. The molecule has 3 aliphatic rings. The van der Waals surface area contributed by atoms with Gasteiger partial charge in [-0.2, -0.15) is 0 Å². The Balaban J connectivity index is 1.33. The SMILES string of the molecule is O=C(Cc1ccncc1)N1C[C@@H]2C[C@H](C1)c1ccc(CN3CCCC3)c(=O)n1C2. The molecule has 3 aliphatic heterocycles. The highest BCUT2D eigenvalue weighted by molar-refractivity contribution is 5.79. The molecule has 2 saturated heterocycles. The lowest BCUT2D eigenvalue weighted by molar-refractivity contribution is -0.133. The van der Waals surface area contributed by atoms with Crippen molar-refractivity contribution < 1.29 is 4.79 Å². The molecular weight excluding hydrogens is 364 g/mol. The second-order valence-electron chi connectivity index (χ2n) is 8.81. The first-order valence-electron chi connectivity index (χ1n) is 10.8. The van der Waals surface area contributed by atoms with Crippen molar-refractivity contribution >= 4 is 5.91 Å². The van der Waals surface area contributed by atoms with Crippen LogP contribution in [0.1, 0.15) is 42.0 Å². The number of pyridine rings is 2. The molecule has 0 saturated carbocycles. The van der Waals surface area contributed by atoms with E-state index >= 15 is 0 Å². The van der Waals surface area contributed by atoms with Gasteiger partial charge in [-0.1, -0.05) is 6.07 Å². The lowest BCUT2D eigenvalue weighted by Gasteiger charge is -2.43. The highest BCUT2D eigenvalue weighted by Gasteiger charge is 2.36. The fourth-order valence-electron chi connectivity index (χ4n) is 5.28. The van der Waals surface area contributed by atoms with Gasteiger partial charge in [-0.3, -0.25) is 19.5 Å². The molecule has 2 atom stereocenters. The van der Waals surface area contributed by atoms with Gasteiger partial charge in [0.1, 0.15) is 0 Å². The number of amides is 1. The maximum absolute atomic E-state index is 13.1. The van der Waals surface area contributed by atoms with Crippen molar-refractivity contribution in [3.05, 3.63) is 63.8 Å². The van der Waals surface area contributed by atoms with Crippen molar-refractivity contribution in [3.63, 3.8) is 0 Å². The summed E-state index contributed by atoms with van der Waals surface area (Å²) in [6.45, 7) is 5.17. The number of aromatic nitrogens is 2. The second-order valence-corrected chi connectivity index (χ2v) is 8.81. The molecule has 29 heavy (non-hydrogen) atoms. The molecule has 0 radical (unpaired) electrons. The first kappa shape index (κ1) is 18.6. The van der Waals surface area contributed by atoms with E-state index in [9.17, 15) is 9.59 Å². The predicted molar refractivity (Wildman–Crippen MR) is 111 cm³/mol. The van der Waals surface area contributed by atoms with E-state index in [1.165, 1.54) is 12.8 Å². The molecular formula is C23H28N4O2. The van der Waals surface area contributed by atoms with Gasteiger partial charge in [0.05, 0.1) is 6.42 Å². The Bertz CT molecular complexity index is 949. The second kappa shape index (κ2) is 7.75. The van der Waals surface area contributed by atoms with Crippen LogP contribution >= 0.6 is 0 Å². The number of piperidine rings is 1. The average molecular weight is 393 g/mol. The van der Waals surface area contributed by atoms with Gasteiger partial charge in [0, 0.05) is 55.7 Å². The van der Waals surface area contributed by atoms with Crippen molar-refractivity contribution in [3.8, 4) is 0 Å². The summed E-state index contributed by atoms with van der Waals surface area (Å²) >= 11 is 0. The van der Waals surface area contributed by atoms with Crippen LogP contribution in [-0.2, 0) is 24.3 Å². The molecule has 6 nitrogen and oxygen atoms in total. The Hall–Kier alpha value is -2.47. The van der Waals surface area contributed by atoms with Crippen molar-refractivity contribution in [1.82, 2.24) is 19.4 Å². The molecule has 6 heteroatoms. The third kappa shape index (κ3) is 3.73. The highest BCUT2D eigenvalue weighted by Crippen LogP contribution is 2.35. The average Bonchev–Trinajstić information content (AvgIpc) is 3.24. The minimum absolute atomic E-state index is 0.173. The minimum Gasteiger partial charge on any atom is -0.341 e. The Morgan fingerprint density at radius 2 is 1.83 bits per heavy atom. The van der Waals surface area contributed by atoms with Crippen LogP contribution in [0.3, 0.4) is 0 Å². The Labute approximate surface area is 171 Å². The van der Waals surface area contributed by atoms with Gasteiger partial charge in [0.2, 0.25) is 5.91 Å². The molecule has 1 amide bonds. The fraction of sp³-hybridized carbons (Fsp3) is 0.522. The third-order valence-electron chi connectivity index (χ3n) is 6.73. The summed E-state index contributed by atoms with van der Waals surface area (Å²) in [5.74, 6) is 0.798. The topological polar surface area (TPSA) is 58.4 Å². The summed E-state index contributed by atoms with van der Waals surface area (Å²) in [4.78, 5) is 34.4. The van der Waals surface area contributed by atoms with Crippen LogP contribution in [0, 0.1) is 5.92 Å². The zero-order valence-corrected chi connectivity index (χ0v) is 16.8. The van der Waals surface area contributed by atoms with Crippen molar-refractivity contribution in [1.29, 1.82) is 0 Å². The van der Waals surface area contributed by atoms with Gasteiger partial charge in [-0.05, 0) is 62.0 Å². The molecule has 0 aromatic carbocycles. The van der Waals surface area contributed by atoms with Crippen molar-refractivity contribution in [2.75, 3.05) is 26.2 Å². The van der Waals surface area contributed by atoms with E-state index in [0.717, 1.165) is 56.0 Å². The standard InChI is InChI=1S/C23H28N4O2/c28-22(12-17-5-7-24-8-6-17)26-13-18-11-20(16-26)21-4-3-19(23(29)27(21)14-18)15-25-9-1-2-10-25/h3-8,18,20H,1-2,9-16H2/t18-,20+/m0/s1. The number of carbonyl (C=O) groups is 1. The smallest absolute Gasteiger partial charge is 0.255 e. The van der Waals surface area contributed by atoms with Crippen LogP contribution in [0.4, 0.5) is 0 Å². The van der Waals surface area contributed by atoms with Crippen LogP contribution in [0.25, 0.3) is 0 Å². The Morgan fingerprint density at radius 1 is 1.03 bits per heavy atom. The highest BCUT2D eigenvalue weighted by atomic mass is 16.2. The number of hydrogen-bond donors (Lipinski definition) is 0. The zero-order chi connectivity index (χ0) is 19.8. The minimum atomic E-state index is 0.173. The monoisotopic (exact) mass is 392 g/mol. The summed E-state index contributed by atoms with van der Waals surface area (Å²) in [5, 5.41) is 0. The summed E-state index contributed by atoms with van der Waals surface area (Å²) in [6.07, 6.45) is 7.43. The first-order chi connectivity index (χ1) is 14.2. The van der Waals surface area contributed by atoms with Crippen molar-refractivity contribution in [2.24, 2.45) is 5.92 Å².